The van der Waals surface area contributed by atoms with Crippen LogP contribution in [0.1, 0.15) is 16.7 Å². The van der Waals surface area contributed by atoms with Gasteiger partial charge in [-0.3, -0.25) is 0 Å². The highest BCUT2D eigenvalue weighted by molar-refractivity contribution is 6.30. The zero-order valence-electron chi connectivity index (χ0n) is 16.6. The molecule has 0 unspecified atom stereocenters. The van der Waals surface area contributed by atoms with Gasteiger partial charge in [0, 0.05) is 23.1 Å². The van der Waals surface area contributed by atoms with Gasteiger partial charge < -0.3 is 4.74 Å². The number of aryl methyl sites for hydroxylation is 2. The smallest absolute Gasteiger partial charge is 0.134 e. The normalized spacial score (nSPS) is 11.2. The summed E-state index contributed by atoms with van der Waals surface area (Å²) in [5.74, 6) is -0.534. The zero-order chi connectivity index (χ0) is 21.1. The molecule has 0 fully saturated rings. The van der Waals surface area contributed by atoms with Crippen LogP contribution in [0.15, 0.2) is 72.8 Å². The highest BCUT2D eigenvalue weighted by Gasteiger charge is 2.11. The maximum Gasteiger partial charge on any atom is 0.134 e. The second kappa shape index (κ2) is 8.95. The minimum atomic E-state index is -0.316. The molecule has 0 bridgehead atoms. The molecule has 0 aliphatic heterocycles. The van der Waals surface area contributed by atoms with Crippen molar-refractivity contribution in [1.82, 2.24) is 0 Å². The Morgan fingerprint density at radius 2 is 1.57 bits per heavy atom. The Bertz CT molecular complexity index is 1190. The Hall–Kier alpha value is -2.75. The Labute approximate surface area is 179 Å². The van der Waals surface area contributed by atoms with Crippen molar-refractivity contribution in [3.05, 3.63) is 106 Å². The van der Waals surface area contributed by atoms with Crippen LogP contribution in [0.3, 0.4) is 0 Å². The highest BCUT2D eigenvalue weighted by atomic mass is 35.5. The van der Waals surface area contributed by atoms with E-state index in [4.69, 9.17) is 16.3 Å². The number of rotatable bonds is 6. The van der Waals surface area contributed by atoms with Crippen molar-refractivity contribution in [2.75, 3.05) is 7.11 Å². The van der Waals surface area contributed by atoms with Crippen molar-refractivity contribution >= 4 is 22.4 Å². The predicted molar refractivity (Wildman–Crippen MR) is 119 cm³/mol. The summed E-state index contributed by atoms with van der Waals surface area (Å²) < 4.78 is 34.7. The van der Waals surface area contributed by atoms with Crippen LogP contribution in [-0.2, 0) is 24.2 Å². The van der Waals surface area contributed by atoms with Gasteiger partial charge >= 0.3 is 0 Å². The van der Waals surface area contributed by atoms with E-state index in [9.17, 15) is 4.39 Å². The van der Waals surface area contributed by atoms with E-state index in [1.807, 2.05) is 48.5 Å². The van der Waals surface area contributed by atoms with E-state index < -0.39 is 0 Å². The third kappa shape index (κ3) is 4.38. The van der Waals surface area contributed by atoms with Crippen LogP contribution in [0.2, 0.25) is 5.02 Å². The second-order valence-corrected chi connectivity index (χ2v) is 7.78. The molecular weight excluding hydrogens is 402 g/mol. The second-order valence-electron chi connectivity index (χ2n) is 7.35. The average Bonchev–Trinajstić information content (AvgIpc) is 2.75. The molecule has 4 aromatic carbocycles. The molecule has 1 nitrogen and oxygen atoms in total. The standard InChI is InChI=1S/C26H21ClF2O/c1-30-16-18-5-12-23(25(28)14-18)20-9-13-24-21(15-20)8-7-19(26(24)29)6-2-17-3-10-22(27)11-4-17/h3-5,7-15H,2,6,16H2,1H3. The maximum absolute atomic E-state index is 15.1. The quantitative estimate of drug-likeness (QED) is 0.315. The van der Waals surface area contributed by atoms with Gasteiger partial charge in [0.2, 0.25) is 0 Å². The Kier molecular flexibility index (Phi) is 6.12. The van der Waals surface area contributed by atoms with E-state index in [2.05, 4.69) is 0 Å². The van der Waals surface area contributed by atoms with Crippen molar-refractivity contribution in [1.29, 1.82) is 0 Å². The molecule has 0 saturated heterocycles. The molecule has 0 saturated carbocycles. The van der Waals surface area contributed by atoms with E-state index >= 15 is 4.39 Å². The summed E-state index contributed by atoms with van der Waals surface area (Å²) in [7, 11) is 1.58. The molecular formula is C26H21ClF2O. The lowest BCUT2D eigenvalue weighted by molar-refractivity contribution is 0.184. The molecule has 152 valence electrons. The monoisotopic (exact) mass is 422 g/mol. The van der Waals surface area contributed by atoms with Crippen LogP contribution in [-0.4, -0.2) is 7.11 Å². The fourth-order valence-electron chi connectivity index (χ4n) is 3.68. The molecule has 0 aliphatic carbocycles. The summed E-state index contributed by atoms with van der Waals surface area (Å²) in [4.78, 5) is 0. The molecule has 4 aromatic rings. The first-order chi connectivity index (χ1) is 14.5. The molecule has 0 atom stereocenters. The van der Waals surface area contributed by atoms with Gasteiger partial charge in [0.05, 0.1) is 6.61 Å². The molecule has 30 heavy (non-hydrogen) atoms. The minimum absolute atomic E-state index is 0.219. The lowest BCUT2D eigenvalue weighted by atomic mass is 9.96. The summed E-state index contributed by atoms with van der Waals surface area (Å²) >= 11 is 5.92. The summed E-state index contributed by atoms with van der Waals surface area (Å²) in [6, 6.07) is 21.7. The SMILES string of the molecule is COCc1ccc(-c2ccc3c(F)c(CCc4ccc(Cl)cc4)ccc3c2)c(F)c1. The largest absolute Gasteiger partial charge is 0.380 e. The molecule has 0 heterocycles. The third-order valence-corrected chi connectivity index (χ3v) is 5.54. The Morgan fingerprint density at radius 3 is 2.30 bits per heavy atom. The van der Waals surface area contributed by atoms with Crippen LogP contribution in [0.4, 0.5) is 8.78 Å². The van der Waals surface area contributed by atoms with Gasteiger partial charge in [-0.2, -0.15) is 0 Å². The number of benzene rings is 4. The van der Waals surface area contributed by atoms with Gasteiger partial charge in [-0.1, -0.05) is 60.1 Å². The van der Waals surface area contributed by atoms with Gasteiger partial charge in [0.1, 0.15) is 11.6 Å². The van der Waals surface area contributed by atoms with Crippen molar-refractivity contribution in [3.8, 4) is 11.1 Å². The Morgan fingerprint density at radius 1 is 0.800 bits per heavy atom. The highest BCUT2D eigenvalue weighted by Crippen LogP contribution is 2.30. The zero-order valence-corrected chi connectivity index (χ0v) is 17.3. The van der Waals surface area contributed by atoms with Crippen molar-refractivity contribution in [3.63, 3.8) is 0 Å². The third-order valence-electron chi connectivity index (χ3n) is 5.29. The van der Waals surface area contributed by atoms with E-state index in [1.54, 1.807) is 25.3 Å². The predicted octanol–water partition coefficient (Wildman–Crippen LogP) is 7.37. The molecule has 0 amide bonds. The van der Waals surface area contributed by atoms with Gasteiger partial charge in [-0.15, -0.1) is 0 Å². The first-order valence-electron chi connectivity index (χ1n) is 9.78. The lowest BCUT2D eigenvalue weighted by Gasteiger charge is -2.10. The molecule has 0 spiro atoms. The molecule has 4 rings (SSSR count). The van der Waals surface area contributed by atoms with Crippen molar-refractivity contribution in [2.24, 2.45) is 0 Å². The van der Waals surface area contributed by atoms with Gasteiger partial charge in [0.25, 0.3) is 0 Å². The first kappa shape index (κ1) is 20.5. The number of halogens is 3. The molecule has 0 N–H and O–H groups in total. The minimum Gasteiger partial charge on any atom is -0.380 e. The molecule has 0 radical (unpaired) electrons. The van der Waals surface area contributed by atoms with Gasteiger partial charge in [-0.25, -0.2) is 8.78 Å². The fourth-order valence-corrected chi connectivity index (χ4v) is 3.80. The fraction of sp³-hybridized carbons (Fsp3) is 0.154. The maximum atomic E-state index is 15.1. The summed E-state index contributed by atoms with van der Waals surface area (Å²) in [6.07, 6.45) is 1.33. The van der Waals surface area contributed by atoms with Gasteiger partial charge in [0.15, 0.2) is 0 Å². The lowest BCUT2D eigenvalue weighted by Crippen LogP contribution is -1.96. The number of hydrogen-bond acceptors (Lipinski definition) is 1. The van der Waals surface area contributed by atoms with Crippen LogP contribution in [0.5, 0.6) is 0 Å². The summed E-state index contributed by atoms with van der Waals surface area (Å²) in [6.45, 7) is 0.360. The van der Waals surface area contributed by atoms with Crippen LogP contribution in [0.25, 0.3) is 21.9 Å². The van der Waals surface area contributed by atoms with E-state index in [0.29, 0.717) is 34.6 Å². The van der Waals surface area contributed by atoms with Crippen LogP contribution >= 0.6 is 11.6 Å². The van der Waals surface area contributed by atoms with E-state index in [-0.39, 0.29) is 11.6 Å². The molecule has 0 aliphatic rings. The van der Waals surface area contributed by atoms with Crippen molar-refractivity contribution < 1.29 is 13.5 Å². The van der Waals surface area contributed by atoms with Crippen LogP contribution < -0.4 is 0 Å². The summed E-state index contributed by atoms with van der Waals surface area (Å²) in [5.41, 5.74) is 3.76. The number of ether oxygens (including phenoxy) is 1. The number of fused-ring (bicyclic) bond motifs is 1. The van der Waals surface area contributed by atoms with Crippen LogP contribution in [0, 0.1) is 11.6 Å². The average molecular weight is 423 g/mol. The van der Waals surface area contributed by atoms with Crippen molar-refractivity contribution in [2.45, 2.75) is 19.4 Å². The summed E-state index contributed by atoms with van der Waals surface area (Å²) in [5, 5.41) is 1.99. The van der Waals surface area contributed by atoms with E-state index in [0.717, 1.165) is 28.5 Å². The molecule has 4 heteroatoms. The molecule has 0 aromatic heterocycles. The van der Waals surface area contributed by atoms with E-state index in [1.165, 1.54) is 6.07 Å². The topological polar surface area (TPSA) is 9.23 Å². The Balaban J connectivity index is 1.60. The number of methoxy groups -OCH3 is 1. The van der Waals surface area contributed by atoms with Gasteiger partial charge in [-0.05, 0) is 64.7 Å². The number of hydrogen-bond donors (Lipinski definition) is 0. The first-order valence-corrected chi connectivity index (χ1v) is 10.2.